The van der Waals surface area contributed by atoms with Gasteiger partial charge >= 0.3 is 0 Å². The lowest BCUT2D eigenvalue weighted by Crippen LogP contribution is -2.37. The summed E-state index contributed by atoms with van der Waals surface area (Å²) in [5.41, 5.74) is 1.90. The molecule has 3 rings (SSSR count). The van der Waals surface area contributed by atoms with Crippen LogP contribution >= 0.6 is 27.3 Å². The minimum absolute atomic E-state index is 0.00694. The molecule has 4 nitrogen and oxygen atoms in total. The van der Waals surface area contributed by atoms with E-state index in [0.29, 0.717) is 11.3 Å². The molecular formula is C14H12BrNO3S2. The van der Waals surface area contributed by atoms with Crippen molar-refractivity contribution in [3.8, 4) is 0 Å². The molecule has 2 aromatic rings. The Labute approximate surface area is 135 Å². The summed E-state index contributed by atoms with van der Waals surface area (Å²) in [5.74, 6) is -0.00694. The van der Waals surface area contributed by atoms with E-state index in [-0.39, 0.29) is 23.0 Å². The van der Waals surface area contributed by atoms with Crippen LogP contribution < -0.4 is 4.31 Å². The van der Waals surface area contributed by atoms with E-state index in [1.54, 1.807) is 24.3 Å². The number of aryl methyl sites for hydroxylation is 1. The Morgan fingerprint density at radius 1 is 1.24 bits per heavy atom. The molecule has 0 spiro atoms. The van der Waals surface area contributed by atoms with Gasteiger partial charge in [0.15, 0.2) is 5.78 Å². The molecule has 1 aliphatic rings. The first-order valence-electron chi connectivity index (χ1n) is 6.31. The van der Waals surface area contributed by atoms with Crippen LogP contribution in [0.5, 0.6) is 0 Å². The number of ketones is 1. The van der Waals surface area contributed by atoms with Crippen molar-refractivity contribution in [1.82, 2.24) is 0 Å². The summed E-state index contributed by atoms with van der Waals surface area (Å²) >= 11 is 4.45. The van der Waals surface area contributed by atoms with Gasteiger partial charge in [-0.15, -0.1) is 11.3 Å². The number of thiophene rings is 1. The highest BCUT2D eigenvalue weighted by Crippen LogP contribution is 2.35. The summed E-state index contributed by atoms with van der Waals surface area (Å²) in [4.78, 5) is 12.0. The molecule has 0 saturated heterocycles. The Hall–Kier alpha value is -1.18. The Kier molecular flexibility index (Phi) is 3.67. The van der Waals surface area contributed by atoms with Crippen LogP contribution in [-0.2, 0) is 10.0 Å². The molecule has 2 heterocycles. The molecule has 0 unspecified atom stereocenters. The first-order chi connectivity index (χ1) is 9.89. The van der Waals surface area contributed by atoms with E-state index >= 15 is 0 Å². The molecule has 0 fully saturated rings. The normalized spacial score (nSPS) is 15.1. The van der Waals surface area contributed by atoms with Crippen LogP contribution in [0.25, 0.3) is 0 Å². The maximum absolute atomic E-state index is 12.8. The number of carbonyl (C=O) groups excluding carboxylic acids is 1. The van der Waals surface area contributed by atoms with Gasteiger partial charge in [-0.2, -0.15) is 0 Å². The minimum Gasteiger partial charge on any atom is -0.294 e. The average Bonchev–Trinajstić information content (AvgIpc) is 2.87. The topological polar surface area (TPSA) is 54.5 Å². The second-order valence-electron chi connectivity index (χ2n) is 4.83. The molecular weight excluding hydrogens is 374 g/mol. The van der Waals surface area contributed by atoms with Crippen molar-refractivity contribution < 1.29 is 13.2 Å². The summed E-state index contributed by atoms with van der Waals surface area (Å²) in [7, 11) is -3.62. The van der Waals surface area contributed by atoms with Crippen LogP contribution in [0.4, 0.5) is 5.69 Å². The first kappa shape index (κ1) is 14.7. The number of benzene rings is 1. The van der Waals surface area contributed by atoms with Crippen molar-refractivity contribution in [1.29, 1.82) is 0 Å². The number of hydrogen-bond acceptors (Lipinski definition) is 4. The van der Waals surface area contributed by atoms with E-state index < -0.39 is 10.0 Å². The number of halogens is 1. The molecule has 1 aliphatic heterocycles. The van der Waals surface area contributed by atoms with Gasteiger partial charge in [0.25, 0.3) is 10.0 Å². The molecule has 110 valence electrons. The zero-order valence-electron chi connectivity index (χ0n) is 11.2. The standard InChI is InChI=1S/C14H12BrNO3S2/c1-9-2-3-11-10(8-9)12(17)6-7-16(11)21(18,19)14-5-4-13(15)20-14/h2-5,8H,6-7H2,1H3. The Balaban J connectivity index is 2.13. The fourth-order valence-corrected chi connectivity index (χ4v) is 5.95. The van der Waals surface area contributed by atoms with Gasteiger partial charge < -0.3 is 0 Å². The summed E-state index contributed by atoms with van der Waals surface area (Å²) in [6.07, 6.45) is 0.211. The van der Waals surface area contributed by atoms with Crippen LogP contribution in [-0.4, -0.2) is 20.7 Å². The second-order valence-corrected chi connectivity index (χ2v) is 9.38. The maximum atomic E-state index is 12.8. The zero-order valence-corrected chi connectivity index (χ0v) is 14.4. The molecule has 1 aromatic carbocycles. The summed E-state index contributed by atoms with van der Waals surface area (Å²) in [6, 6.07) is 8.58. The predicted octanol–water partition coefficient (Wildman–Crippen LogP) is 3.60. The smallest absolute Gasteiger partial charge is 0.273 e. The molecule has 0 N–H and O–H groups in total. The largest absolute Gasteiger partial charge is 0.294 e. The highest BCUT2D eigenvalue weighted by Gasteiger charge is 2.33. The number of sulfonamides is 1. The van der Waals surface area contributed by atoms with Gasteiger partial charge in [0.05, 0.1) is 9.47 Å². The molecule has 0 atom stereocenters. The molecule has 1 aromatic heterocycles. The van der Waals surface area contributed by atoms with Gasteiger partial charge in [0, 0.05) is 18.5 Å². The Morgan fingerprint density at radius 3 is 2.67 bits per heavy atom. The molecule has 0 amide bonds. The molecule has 21 heavy (non-hydrogen) atoms. The first-order valence-corrected chi connectivity index (χ1v) is 9.36. The molecule has 0 bridgehead atoms. The van der Waals surface area contributed by atoms with Crippen LogP contribution in [0, 0.1) is 6.92 Å². The average molecular weight is 386 g/mol. The van der Waals surface area contributed by atoms with Gasteiger partial charge in [0.1, 0.15) is 4.21 Å². The molecule has 0 saturated carbocycles. The lowest BCUT2D eigenvalue weighted by Gasteiger charge is -2.29. The summed E-state index contributed by atoms with van der Waals surface area (Å²) in [6.45, 7) is 2.07. The van der Waals surface area contributed by atoms with Crippen molar-refractivity contribution in [2.45, 2.75) is 17.6 Å². The van der Waals surface area contributed by atoms with Crippen molar-refractivity contribution in [3.63, 3.8) is 0 Å². The van der Waals surface area contributed by atoms with Crippen LogP contribution in [0.15, 0.2) is 38.3 Å². The molecule has 7 heteroatoms. The SMILES string of the molecule is Cc1ccc2c(c1)C(=O)CCN2S(=O)(=O)c1ccc(Br)s1. The fourth-order valence-electron chi connectivity index (χ4n) is 2.34. The van der Waals surface area contributed by atoms with Crippen LogP contribution in [0.2, 0.25) is 0 Å². The highest BCUT2D eigenvalue weighted by atomic mass is 79.9. The third-order valence-electron chi connectivity index (χ3n) is 3.36. The van der Waals surface area contributed by atoms with Gasteiger partial charge in [-0.3, -0.25) is 9.10 Å². The van der Waals surface area contributed by atoms with E-state index in [1.165, 1.54) is 15.6 Å². The van der Waals surface area contributed by atoms with Crippen molar-refractivity contribution in [2.75, 3.05) is 10.8 Å². The monoisotopic (exact) mass is 385 g/mol. The van der Waals surface area contributed by atoms with Gasteiger partial charge in [0.2, 0.25) is 0 Å². The third kappa shape index (κ3) is 2.54. The van der Waals surface area contributed by atoms with E-state index in [9.17, 15) is 13.2 Å². The number of nitrogens with zero attached hydrogens (tertiary/aromatic N) is 1. The quantitative estimate of drug-likeness (QED) is 0.793. The lowest BCUT2D eigenvalue weighted by molar-refractivity contribution is 0.0982. The number of Topliss-reactive ketones (excluding diaryl/α,β-unsaturated/α-hetero) is 1. The number of carbonyl (C=O) groups is 1. The number of fused-ring (bicyclic) bond motifs is 1. The van der Waals surface area contributed by atoms with Crippen LogP contribution in [0.3, 0.4) is 0 Å². The van der Waals surface area contributed by atoms with E-state index in [1.807, 2.05) is 13.0 Å². The van der Waals surface area contributed by atoms with E-state index in [4.69, 9.17) is 0 Å². The molecule has 0 radical (unpaired) electrons. The Bertz CT molecular complexity index is 826. The van der Waals surface area contributed by atoms with Crippen molar-refractivity contribution in [3.05, 3.63) is 45.2 Å². The van der Waals surface area contributed by atoms with Crippen LogP contribution in [0.1, 0.15) is 22.3 Å². The zero-order chi connectivity index (χ0) is 15.2. The summed E-state index contributed by atoms with van der Waals surface area (Å²) < 4.78 is 27.9. The second kappa shape index (κ2) is 5.23. The predicted molar refractivity (Wildman–Crippen MR) is 86.7 cm³/mol. The molecule has 0 aliphatic carbocycles. The van der Waals surface area contributed by atoms with Gasteiger partial charge in [-0.1, -0.05) is 11.6 Å². The number of rotatable bonds is 2. The number of anilines is 1. The number of hydrogen-bond donors (Lipinski definition) is 0. The highest BCUT2D eigenvalue weighted by molar-refractivity contribution is 9.11. The minimum atomic E-state index is -3.62. The fraction of sp³-hybridized carbons (Fsp3) is 0.214. The Morgan fingerprint density at radius 2 is 2.00 bits per heavy atom. The van der Waals surface area contributed by atoms with Crippen molar-refractivity contribution in [2.24, 2.45) is 0 Å². The van der Waals surface area contributed by atoms with E-state index in [2.05, 4.69) is 15.9 Å². The lowest BCUT2D eigenvalue weighted by atomic mass is 10.0. The van der Waals surface area contributed by atoms with Gasteiger partial charge in [-0.25, -0.2) is 8.42 Å². The summed E-state index contributed by atoms with van der Waals surface area (Å²) in [5, 5.41) is 0. The maximum Gasteiger partial charge on any atom is 0.273 e. The van der Waals surface area contributed by atoms with E-state index in [0.717, 1.165) is 9.35 Å². The third-order valence-corrected chi connectivity index (χ3v) is 7.26. The van der Waals surface area contributed by atoms with Gasteiger partial charge in [-0.05, 0) is 47.1 Å². The van der Waals surface area contributed by atoms with Crippen molar-refractivity contribution >= 4 is 48.8 Å².